The van der Waals surface area contributed by atoms with Crippen molar-refractivity contribution in [2.75, 3.05) is 11.4 Å². The van der Waals surface area contributed by atoms with E-state index >= 15 is 0 Å². The molecule has 0 aliphatic carbocycles. The summed E-state index contributed by atoms with van der Waals surface area (Å²) < 4.78 is 6.67. The fourth-order valence-corrected chi connectivity index (χ4v) is 2.59. The van der Waals surface area contributed by atoms with E-state index in [1.54, 1.807) is 11.1 Å². The minimum atomic E-state index is -0.169. The molecule has 1 aliphatic rings. The fraction of sp³-hybridized carbons (Fsp3) is 0.267. The van der Waals surface area contributed by atoms with Gasteiger partial charge in [-0.05, 0) is 32.0 Å². The van der Waals surface area contributed by atoms with Gasteiger partial charge < -0.3 is 4.74 Å². The third-order valence-electron chi connectivity index (χ3n) is 3.22. The van der Waals surface area contributed by atoms with Crippen LogP contribution in [-0.2, 0) is 0 Å². The molecule has 0 bridgehead atoms. The van der Waals surface area contributed by atoms with Crippen molar-refractivity contribution in [2.45, 2.75) is 20.0 Å². The number of aryl methyl sites for hydroxylation is 1. The lowest BCUT2D eigenvalue weighted by Crippen LogP contribution is -2.42. The van der Waals surface area contributed by atoms with Crippen molar-refractivity contribution < 1.29 is 9.53 Å². The molecule has 6 heteroatoms. The molecule has 0 spiro atoms. The van der Waals surface area contributed by atoms with Crippen LogP contribution in [0, 0.1) is 6.92 Å². The monoisotopic (exact) mass is 347 g/mol. The van der Waals surface area contributed by atoms with Gasteiger partial charge >= 0.3 is 0 Å². The van der Waals surface area contributed by atoms with Gasteiger partial charge in [0.05, 0.1) is 24.1 Å². The number of nitrogens with zero attached hydrogens (tertiary/aromatic N) is 3. The smallest absolute Gasteiger partial charge is 0.278 e. The Labute approximate surface area is 131 Å². The van der Waals surface area contributed by atoms with Crippen LogP contribution in [0.5, 0.6) is 5.75 Å². The van der Waals surface area contributed by atoms with Crippen LogP contribution in [0.2, 0.25) is 0 Å². The molecule has 1 atom stereocenters. The number of anilines is 1. The van der Waals surface area contributed by atoms with E-state index in [-0.39, 0.29) is 12.0 Å². The van der Waals surface area contributed by atoms with Crippen molar-refractivity contribution >= 4 is 27.5 Å². The van der Waals surface area contributed by atoms with Crippen molar-refractivity contribution in [3.05, 3.63) is 46.5 Å². The molecule has 0 unspecified atom stereocenters. The number of amides is 1. The molecule has 5 nitrogen and oxygen atoms in total. The summed E-state index contributed by atoms with van der Waals surface area (Å²) in [6, 6.07) is 5.63. The average molecular weight is 348 g/mol. The second-order valence-electron chi connectivity index (χ2n) is 5.00. The Morgan fingerprint density at radius 1 is 1.38 bits per heavy atom. The zero-order valence-corrected chi connectivity index (χ0v) is 13.3. The topological polar surface area (TPSA) is 55.3 Å². The Hall–Kier alpha value is -1.95. The lowest BCUT2D eigenvalue weighted by atomic mass is 10.2. The first-order valence-corrected chi connectivity index (χ1v) is 7.40. The fourth-order valence-electron chi connectivity index (χ4n) is 2.24. The van der Waals surface area contributed by atoms with Gasteiger partial charge in [0, 0.05) is 10.7 Å². The Morgan fingerprint density at radius 2 is 2.19 bits per heavy atom. The molecule has 2 heterocycles. The summed E-state index contributed by atoms with van der Waals surface area (Å²) in [5.41, 5.74) is 1.86. The number of benzene rings is 1. The number of carbonyl (C=O) groups is 1. The van der Waals surface area contributed by atoms with Crippen molar-refractivity contribution in [1.82, 2.24) is 9.97 Å². The van der Waals surface area contributed by atoms with Crippen LogP contribution in [0.25, 0.3) is 0 Å². The van der Waals surface area contributed by atoms with Crippen molar-refractivity contribution in [3.63, 3.8) is 0 Å². The standard InChI is InChI=1S/C15H14BrN3O2/c1-9-6-18-12(7-17-9)15(20)19-8-10(2)21-14-4-3-11(16)5-13(14)19/h3-7,10H,8H2,1-2H3/t10-/m0/s1. The molecule has 1 aromatic carbocycles. The van der Waals surface area contributed by atoms with Crippen molar-refractivity contribution in [3.8, 4) is 5.75 Å². The third-order valence-corrected chi connectivity index (χ3v) is 3.72. The van der Waals surface area contributed by atoms with Gasteiger partial charge in [-0.25, -0.2) is 4.98 Å². The van der Waals surface area contributed by atoms with Crippen LogP contribution in [0.3, 0.4) is 0 Å². The number of rotatable bonds is 1. The summed E-state index contributed by atoms with van der Waals surface area (Å²) in [7, 11) is 0. The van der Waals surface area contributed by atoms with Gasteiger partial charge in [-0.15, -0.1) is 0 Å². The minimum Gasteiger partial charge on any atom is -0.487 e. The largest absolute Gasteiger partial charge is 0.487 e. The SMILES string of the molecule is Cc1cnc(C(=O)N2C[C@H](C)Oc3ccc(Br)cc32)cn1. The quantitative estimate of drug-likeness (QED) is 0.795. The average Bonchev–Trinajstić information content (AvgIpc) is 2.47. The van der Waals surface area contributed by atoms with E-state index in [0.29, 0.717) is 18.0 Å². The molecule has 0 saturated carbocycles. The van der Waals surface area contributed by atoms with Crippen LogP contribution < -0.4 is 9.64 Å². The molecule has 0 fully saturated rings. The van der Waals surface area contributed by atoms with E-state index < -0.39 is 0 Å². The second kappa shape index (κ2) is 5.44. The number of hydrogen-bond acceptors (Lipinski definition) is 4. The molecular formula is C15H14BrN3O2. The van der Waals surface area contributed by atoms with E-state index in [0.717, 1.165) is 15.9 Å². The van der Waals surface area contributed by atoms with E-state index in [1.165, 1.54) is 6.20 Å². The number of carbonyl (C=O) groups excluding carboxylic acids is 1. The molecule has 1 amide bonds. The zero-order chi connectivity index (χ0) is 15.0. The van der Waals surface area contributed by atoms with Crippen LogP contribution in [0.1, 0.15) is 23.1 Å². The highest BCUT2D eigenvalue weighted by atomic mass is 79.9. The predicted molar refractivity (Wildman–Crippen MR) is 82.7 cm³/mol. The number of hydrogen-bond donors (Lipinski definition) is 0. The number of ether oxygens (including phenoxy) is 1. The van der Waals surface area contributed by atoms with Gasteiger partial charge in [-0.2, -0.15) is 0 Å². The molecule has 2 aromatic rings. The molecule has 1 aliphatic heterocycles. The molecule has 0 radical (unpaired) electrons. The molecule has 0 N–H and O–H groups in total. The maximum absolute atomic E-state index is 12.7. The first-order chi connectivity index (χ1) is 10.0. The highest BCUT2D eigenvalue weighted by Gasteiger charge is 2.29. The van der Waals surface area contributed by atoms with Gasteiger partial charge in [0.2, 0.25) is 0 Å². The van der Waals surface area contributed by atoms with Crippen molar-refractivity contribution in [1.29, 1.82) is 0 Å². The van der Waals surface area contributed by atoms with Crippen molar-refractivity contribution in [2.24, 2.45) is 0 Å². The number of aromatic nitrogens is 2. The maximum Gasteiger partial charge on any atom is 0.278 e. The Morgan fingerprint density at radius 3 is 2.90 bits per heavy atom. The van der Waals surface area contributed by atoms with E-state index in [2.05, 4.69) is 25.9 Å². The Balaban J connectivity index is 2.00. The first-order valence-electron chi connectivity index (χ1n) is 6.61. The zero-order valence-electron chi connectivity index (χ0n) is 11.7. The normalized spacial score (nSPS) is 17.1. The lowest BCUT2D eigenvalue weighted by Gasteiger charge is -2.33. The molecule has 1 aromatic heterocycles. The maximum atomic E-state index is 12.7. The van der Waals surface area contributed by atoms with Gasteiger partial charge in [-0.3, -0.25) is 14.7 Å². The second-order valence-corrected chi connectivity index (χ2v) is 5.91. The summed E-state index contributed by atoms with van der Waals surface area (Å²) >= 11 is 3.43. The number of fused-ring (bicyclic) bond motifs is 1. The highest BCUT2D eigenvalue weighted by Crippen LogP contribution is 2.36. The molecular weight excluding hydrogens is 334 g/mol. The molecule has 108 valence electrons. The predicted octanol–water partition coefficient (Wildman–Crippen LogP) is 2.98. The summed E-state index contributed by atoms with van der Waals surface area (Å²) in [4.78, 5) is 22.7. The molecule has 3 rings (SSSR count). The van der Waals surface area contributed by atoms with E-state index in [4.69, 9.17) is 4.74 Å². The highest BCUT2D eigenvalue weighted by molar-refractivity contribution is 9.10. The molecule has 21 heavy (non-hydrogen) atoms. The van der Waals surface area contributed by atoms with Crippen LogP contribution in [0.4, 0.5) is 5.69 Å². The summed E-state index contributed by atoms with van der Waals surface area (Å²) in [5, 5.41) is 0. The van der Waals surface area contributed by atoms with Crippen LogP contribution >= 0.6 is 15.9 Å². The minimum absolute atomic E-state index is 0.0685. The van der Waals surface area contributed by atoms with E-state index in [9.17, 15) is 4.79 Å². The van der Waals surface area contributed by atoms with Gasteiger partial charge in [0.15, 0.2) is 0 Å². The lowest BCUT2D eigenvalue weighted by molar-refractivity contribution is 0.0956. The first kappa shape index (κ1) is 14.0. The van der Waals surface area contributed by atoms with Gasteiger partial charge in [0.25, 0.3) is 5.91 Å². The summed E-state index contributed by atoms with van der Waals surface area (Å²) in [5.74, 6) is 0.530. The summed E-state index contributed by atoms with van der Waals surface area (Å²) in [6.45, 7) is 4.26. The van der Waals surface area contributed by atoms with Crippen LogP contribution in [0.15, 0.2) is 35.1 Å². The summed E-state index contributed by atoms with van der Waals surface area (Å²) in [6.07, 6.45) is 3.04. The van der Waals surface area contributed by atoms with Gasteiger partial charge in [0.1, 0.15) is 17.5 Å². The number of halogens is 1. The van der Waals surface area contributed by atoms with Crippen LogP contribution in [-0.4, -0.2) is 28.5 Å². The third kappa shape index (κ3) is 2.76. The Kier molecular flexibility index (Phi) is 3.63. The van der Waals surface area contributed by atoms with Gasteiger partial charge in [-0.1, -0.05) is 15.9 Å². The Bertz CT molecular complexity index is 688. The van der Waals surface area contributed by atoms with E-state index in [1.807, 2.05) is 32.0 Å². The molecule has 0 saturated heterocycles.